The van der Waals surface area contributed by atoms with Crippen LogP contribution in [0, 0.1) is 34.5 Å². The fourth-order valence-corrected chi connectivity index (χ4v) is 10.4. The molecule has 1 spiro atoms. The van der Waals surface area contributed by atoms with Crippen molar-refractivity contribution in [3.8, 4) is 0 Å². The van der Waals surface area contributed by atoms with Gasteiger partial charge in [0.05, 0.1) is 12.2 Å². The quantitative estimate of drug-likeness (QED) is 0.567. The number of likely N-dealkylation sites (N-methyl/N-ethyl adjacent to an activating group) is 1. The van der Waals surface area contributed by atoms with E-state index < -0.39 is 28.8 Å². The molecule has 6 rings (SSSR count). The van der Waals surface area contributed by atoms with Gasteiger partial charge in [-0.25, -0.2) is 0 Å². The number of fused-ring (bicyclic) bond motifs is 2. The molecule has 3 N–H and O–H groups in total. The zero-order chi connectivity index (χ0) is 22.1. The molecule has 31 heavy (non-hydrogen) atoms. The predicted octanol–water partition coefficient (Wildman–Crippen LogP) is 0.936. The summed E-state index contributed by atoms with van der Waals surface area (Å²) in [4.78, 5) is 14.4. The first-order valence-electron chi connectivity index (χ1n) is 12.2. The molecule has 0 unspecified atom stereocenters. The van der Waals surface area contributed by atoms with Crippen molar-refractivity contribution >= 4 is 5.97 Å². The second-order valence-corrected chi connectivity index (χ2v) is 11.9. The van der Waals surface area contributed by atoms with Gasteiger partial charge in [-0.3, -0.25) is 9.69 Å². The molecule has 7 heteroatoms. The van der Waals surface area contributed by atoms with Gasteiger partial charge >= 0.3 is 5.97 Å². The van der Waals surface area contributed by atoms with Crippen LogP contribution in [0.5, 0.6) is 0 Å². The number of hydrogen-bond acceptors (Lipinski definition) is 7. The van der Waals surface area contributed by atoms with Gasteiger partial charge in [0.15, 0.2) is 0 Å². The molecule has 174 valence electrons. The fraction of sp³-hybridized carbons (Fsp3) is 0.958. The Morgan fingerprint density at radius 3 is 2.61 bits per heavy atom. The van der Waals surface area contributed by atoms with Crippen molar-refractivity contribution in [3.05, 3.63) is 0 Å². The van der Waals surface area contributed by atoms with Crippen molar-refractivity contribution in [2.45, 2.75) is 88.4 Å². The topological polar surface area (TPSA) is 99.5 Å². The van der Waals surface area contributed by atoms with Crippen molar-refractivity contribution < 1.29 is 29.6 Å². The lowest BCUT2D eigenvalue weighted by atomic mass is 9.43. The highest BCUT2D eigenvalue weighted by Crippen LogP contribution is 2.79. The number of carbonyl (C=O) groups excluding carboxylic acids is 1. The van der Waals surface area contributed by atoms with Crippen LogP contribution in [0.3, 0.4) is 0 Å². The largest absolute Gasteiger partial charge is 0.462 e. The highest BCUT2D eigenvalue weighted by molar-refractivity contribution is 5.66. The van der Waals surface area contributed by atoms with E-state index in [2.05, 4.69) is 18.7 Å². The van der Waals surface area contributed by atoms with Crippen molar-refractivity contribution in [2.24, 2.45) is 34.5 Å². The summed E-state index contributed by atoms with van der Waals surface area (Å²) in [5.74, 6) is -0.597. The van der Waals surface area contributed by atoms with Crippen LogP contribution < -0.4 is 0 Å². The summed E-state index contributed by atoms with van der Waals surface area (Å²) in [7, 11) is 1.64. The molecule has 7 nitrogen and oxygen atoms in total. The van der Waals surface area contributed by atoms with Gasteiger partial charge in [-0.05, 0) is 49.5 Å². The maximum atomic E-state index is 12.5. The van der Waals surface area contributed by atoms with Crippen LogP contribution in [0.25, 0.3) is 0 Å². The summed E-state index contributed by atoms with van der Waals surface area (Å²) in [6.07, 6.45) is 2.00. The van der Waals surface area contributed by atoms with E-state index in [4.69, 9.17) is 9.47 Å². The van der Waals surface area contributed by atoms with Gasteiger partial charge in [0.1, 0.15) is 17.3 Å². The number of carbonyl (C=O) groups is 1. The molecule has 7 bridgehead atoms. The smallest absolute Gasteiger partial charge is 0.302 e. The van der Waals surface area contributed by atoms with Gasteiger partial charge < -0.3 is 24.8 Å². The Bertz CT molecular complexity index is 822. The van der Waals surface area contributed by atoms with E-state index in [9.17, 15) is 20.1 Å². The van der Waals surface area contributed by atoms with Gasteiger partial charge in [0.25, 0.3) is 0 Å². The summed E-state index contributed by atoms with van der Waals surface area (Å²) >= 11 is 0. The zero-order valence-electron chi connectivity index (χ0n) is 19.1. The van der Waals surface area contributed by atoms with Crippen LogP contribution in [0.1, 0.15) is 52.9 Å². The van der Waals surface area contributed by atoms with Gasteiger partial charge in [-0.1, -0.05) is 13.8 Å². The van der Waals surface area contributed by atoms with E-state index in [0.717, 1.165) is 32.4 Å². The molecule has 1 heterocycles. The Balaban J connectivity index is 1.61. The molecule has 0 aromatic heterocycles. The highest BCUT2D eigenvalue weighted by atomic mass is 16.5. The van der Waals surface area contributed by atoms with Crippen LogP contribution in [0.15, 0.2) is 0 Å². The van der Waals surface area contributed by atoms with E-state index in [1.165, 1.54) is 6.92 Å². The average Bonchev–Trinajstić information content (AvgIpc) is 3.12. The minimum absolute atomic E-state index is 0.000884. The number of methoxy groups -OCH3 is 1. The Morgan fingerprint density at radius 1 is 1.23 bits per heavy atom. The van der Waals surface area contributed by atoms with Gasteiger partial charge in [0.2, 0.25) is 0 Å². The van der Waals surface area contributed by atoms with Crippen molar-refractivity contribution in [1.82, 2.24) is 4.90 Å². The highest BCUT2D eigenvalue weighted by Gasteiger charge is 2.88. The molecule has 1 aliphatic heterocycles. The lowest BCUT2D eigenvalue weighted by molar-refractivity contribution is -0.311. The van der Waals surface area contributed by atoms with E-state index >= 15 is 0 Å². The number of hydrogen-bond donors (Lipinski definition) is 3. The van der Waals surface area contributed by atoms with E-state index in [1.54, 1.807) is 7.11 Å². The number of nitrogens with zero attached hydrogens (tertiary/aromatic N) is 1. The SMILES string of the molecule is CCN1C[C@]2(C)CC[C@H](O)[C@@]34[C@@H]5C[C@H]6[C@H](OC(C)=O)[C@@H]5[C@](O)(C[C@H]6OC)[C@](O)(C[C@H]23)[C@@H]14. The number of esters is 1. The minimum atomic E-state index is -1.41. The molecule has 0 amide bonds. The van der Waals surface area contributed by atoms with Crippen LogP contribution in [0.2, 0.25) is 0 Å². The third-order valence-electron chi connectivity index (χ3n) is 11.1. The van der Waals surface area contributed by atoms with Crippen molar-refractivity contribution in [3.63, 3.8) is 0 Å². The van der Waals surface area contributed by atoms with Crippen LogP contribution >= 0.6 is 0 Å². The lowest BCUT2D eigenvalue weighted by Gasteiger charge is -2.69. The average molecular weight is 436 g/mol. The Morgan fingerprint density at radius 2 is 1.97 bits per heavy atom. The molecule has 5 aliphatic carbocycles. The summed E-state index contributed by atoms with van der Waals surface area (Å²) in [6, 6.07) is -0.281. The Kier molecular flexibility index (Phi) is 4.06. The first kappa shape index (κ1) is 20.8. The first-order valence-corrected chi connectivity index (χ1v) is 12.2. The second-order valence-electron chi connectivity index (χ2n) is 11.9. The summed E-state index contributed by atoms with van der Waals surface area (Å²) in [5.41, 5.74) is -3.25. The molecule has 6 aliphatic rings. The lowest BCUT2D eigenvalue weighted by Crippen LogP contribution is -2.81. The fourth-order valence-electron chi connectivity index (χ4n) is 10.4. The van der Waals surface area contributed by atoms with Crippen molar-refractivity contribution in [1.29, 1.82) is 0 Å². The number of likely N-dealkylation sites (tertiary alicyclic amines) is 1. The number of aliphatic hydroxyl groups is 3. The normalized spacial score (nSPS) is 61.4. The maximum Gasteiger partial charge on any atom is 0.302 e. The second kappa shape index (κ2) is 6.03. The molecular formula is C24H37NO6. The van der Waals surface area contributed by atoms with Crippen LogP contribution in [-0.2, 0) is 14.3 Å². The van der Waals surface area contributed by atoms with Gasteiger partial charge in [-0.2, -0.15) is 0 Å². The zero-order valence-corrected chi connectivity index (χ0v) is 19.1. The Labute approximate surface area is 184 Å². The molecule has 0 aromatic rings. The van der Waals surface area contributed by atoms with Crippen molar-refractivity contribution in [2.75, 3.05) is 20.2 Å². The first-order chi connectivity index (χ1) is 14.6. The van der Waals surface area contributed by atoms with Crippen LogP contribution in [-0.4, -0.2) is 81.9 Å². The number of piperidine rings is 1. The molecule has 6 fully saturated rings. The standard InChI is InChI=1S/C24H37NO6/c1-5-25-11-21(3)7-6-17(27)24-14-8-13-15(30-4)9-22(28,18(14)19(13)31-12(2)26)23(29,20(24)25)10-16(21)24/h13-20,27-29H,5-11H2,1-4H3/t13-,14-,15-,16-,17+,18-,19+,20-,21+,22-,23+,24-/m1/s1. The third-order valence-corrected chi connectivity index (χ3v) is 11.1. The summed E-state index contributed by atoms with van der Waals surface area (Å²) in [5, 5.41) is 36.7. The van der Waals surface area contributed by atoms with E-state index in [0.29, 0.717) is 12.8 Å². The van der Waals surface area contributed by atoms with E-state index in [-0.39, 0.29) is 47.2 Å². The molecule has 0 radical (unpaired) electrons. The summed E-state index contributed by atoms with van der Waals surface area (Å²) < 4.78 is 11.7. The molecule has 0 aromatic carbocycles. The molecule has 1 saturated heterocycles. The maximum absolute atomic E-state index is 12.5. The van der Waals surface area contributed by atoms with E-state index in [1.807, 2.05) is 0 Å². The molecular weight excluding hydrogens is 398 g/mol. The monoisotopic (exact) mass is 435 g/mol. The third kappa shape index (κ3) is 2.04. The number of ether oxygens (including phenoxy) is 2. The Hall–Kier alpha value is -0.730. The summed E-state index contributed by atoms with van der Waals surface area (Å²) in [6.45, 7) is 7.53. The number of rotatable bonds is 3. The predicted molar refractivity (Wildman–Crippen MR) is 111 cm³/mol. The van der Waals surface area contributed by atoms with Gasteiger partial charge in [-0.15, -0.1) is 0 Å². The molecule has 12 atom stereocenters. The van der Waals surface area contributed by atoms with Crippen LogP contribution in [0.4, 0.5) is 0 Å². The number of aliphatic hydroxyl groups excluding tert-OH is 1. The van der Waals surface area contributed by atoms with Gasteiger partial charge in [0, 0.05) is 50.3 Å². The minimum Gasteiger partial charge on any atom is -0.462 e. The molecule has 5 saturated carbocycles.